The van der Waals surface area contributed by atoms with E-state index in [1.165, 1.54) is 19.3 Å². The molecule has 1 aliphatic carbocycles. The van der Waals surface area contributed by atoms with Crippen molar-refractivity contribution in [1.82, 2.24) is 19.9 Å². The van der Waals surface area contributed by atoms with Gasteiger partial charge in [0.15, 0.2) is 5.82 Å². The maximum atomic E-state index is 10.7. The van der Waals surface area contributed by atoms with Crippen LogP contribution in [-0.2, 0) is 4.79 Å². The van der Waals surface area contributed by atoms with Gasteiger partial charge in [0, 0.05) is 17.1 Å². The zero-order chi connectivity index (χ0) is 16.9. The largest absolute Gasteiger partial charge is 0.549 e. The number of aryl methyl sites for hydroxylation is 1. The minimum Gasteiger partial charge on any atom is -0.549 e. The van der Waals surface area contributed by atoms with E-state index in [1.807, 2.05) is 12.3 Å². The van der Waals surface area contributed by atoms with Crippen LogP contribution in [0, 0.1) is 6.92 Å². The van der Waals surface area contributed by atoms with Crippen LogP contribution in [0.4, 0.5) is 0 Å². The molecule has 3 rings (SSSR count). The van der Waals surface area contributed by atoms with Crippen LogP contribution in [0.25, 0.3) is 0 Å². The predicted octanol–water partition coefficient (Wildman–Crippen LogP) is 1.81. The zero-order valence-electron chi connectivity index (χ0n) is 13.3. The van der Waals surface area contributed by atoms with Gasteiger partial charge in [-0.1, -0.05) is 31.0 Å². The highest BCUT2D eigenvalue weighted by atomic mass is 32.2. The number of carbonyl (C=O) groups excluding carboxylic acids is 1. The SMILES string of the molecule is Cc1nc(/C=N\n2c(SCC(=O)[O-])nnc2C2CCCCC2)cs1. The third kappa shape index (κ3) is 4.21. The molecule has 0 radical (unpaired) electrons. The van der Waals surface area contributed by atoms with Gasteiger partial charge in [0.2, 0.25) is 5.16 Å². The van der Waals surface area contributed by atoms with E-state index in [0.29, 0.717) is 11.1 Å². The van der Waals surface area contributed by atoms with Gasteiger partial charge in [-0.2, -0.15) is 9.78 Å². The highest BCUT2D eigenvalue weighted by Crippen LogP contribution is 2.33. The first-order valence-electron chi connectivity index (χ1n) is 7.88. The van der Waals surface area contributed by atoms with Crippen LogP contribution in [0.1, 0.15) is 54.5 Å². The van der Waals surface area contributed by atoms with Crippen molar-refractivity contribution in [2.24, 2.45) is 5.10 Å². The number of hydrogen-bond donors (Lipinski definition) is 0. The van der Waals surface area contributed by atoms with Crippen LogP contribution >= 0.6 is 23.1 Å². The van der Waals surface area contributed by atoms with Crippen molar-refractivity contribution in [3.05, 3.63) is 21.9 Å². The monoisotopic (exact) mass is 364 g/mol. The first-order valence-corrected chi connectivity index (χ1v) is 9.74. The third-order valence-electron chi connectivity index (χ3n) is 3.87. The van der Waals surface area contributed by atoms with Gasteiger partial charge in [-0.25, -0.2) is 4.98 Å². The molecule has 9 heteroatoms. The fourth-order valence-electron chi connectivity index (χ4n) is 2.77. The molecule has 0 unspecified atom stereocenters. The molecule has 0 bridgehead atoms. The van der Waals surface area contributed by atoms with Crippen LogP contribution in [0.5, 0.6) is 0 Å². The maximum Gasteiger partial charge on any atom is 0.212 e. The van der Waals surface area contributed by atoms with Gasteiger partial charge in [-0.15, -0.1) is 21.5 Å². The van der Waals surface area contributed by atoms with Gasteiger partial charge in [0.05, 0.1) is 22.9 Å². The van der Waals surface area contributed by atoms with Crippen LogP contribution in [0.2, 0.25) is 0 Å². The summed E-state index contributed by atoms with van der Waals surface area (Å²) in [5.41, 5.74) is 0.775. The average molecular weight is 364 g/mol. The van der Waals surface area contributed by atoms with E-state index >= 15 is 0 Å². The van der Waals surface area contributed by atoms with Crippen LogP contribution in [-0.4, -0.2) is 37.8 Å². The van der Waals surface area contributed by atoms with Crippen molar-refractivity contribution in [2.75, 3.05) is 5.75 Å². The lowest BCUT2D eigenvalue weighted by Gasteiger charge is -2.20. The number of nitrogens with zero attached hydrogens (tertiary/aromatic N) is 5. The summed E-state index contributed by atoms with van der Waals surface area (Å²) < 4.78 is 1.66. The number of aliphatic carboxylic acids is 1. The summed E-state index contributed by atoms with van der Waals surface area (Å²) in [6.45, 7) is 1.94. The quantitative estimate of drug-likeness (QED) is 0.573. The molecular weight excluding hydrogens is 346 g/mol. The molecule has 0 atom stereocenters. The lowest BCUT2D eigenvalue weighted by atomic mass is 9.89. The summed E-state index contributed by atoms with van der Waals surface area (Å²) in [5.74, 6) is -0.182. The van der Waals surface area contributed by atoms with Crippen molar-refractivity contribution in [3.8, 4) is 0 Å². The summed E-state index contributed by atoms with van der Waals surface area (Å²) in [6.07, 6.45) is 7.39. The van der Waals surface area contributed by atoms with Gasteiger partial charge in [0.25, 0.3) is 0 Å². The Morgan fingerprint density at radius 2 is 2.25 bits per heavy atom. The third-order valence-corrected chi connectivity index (χ3v) is 5.55. The molecular formula is C15H18N5O2S2-. The maximum absolute atomic E-state index is 10.7. The molecule has 2 heterocycles. The minimum atomic E-state index is -1.13. The zero-order valence-corrected chi connectivity index (χ0v) is 15.0. The molecule has 0 N–H and O–H groups in total. The second kappa shape index (κ2) is 7.89. The topological polar surface area (TPSA) is 96.1 Å². The Hall–Kier alpha value is -1.74. The normalized spacial score (nSPS) is 16.0. The number of thioether (sulfide) groups is 1. The Morgan fingerprint density at radius 3 is 2.92 bits per heavy atom. The van der Waals surface area contributed by atoms with Gasteiger partial charge in [-0.3, -0.25) is 0 Å². The molecule has 0 saturated heterocycles. The highest BCUT2D eigenvalue weighted by Gasteiger charge is 2.23. The van der Waals surface area contributed by atoms with E-state index in [0.717, 1.165) is 41.1 Å². The molecule has 0 aromatic carbocycles. The number of aromatic nitrogens is 4. The van der Waals surface area contributed by atoms with Crippen molar-refractivity contribution in [2.45, 2.75) is 50.1 Å². The van der Waals surface area contributed by atoms with Crippen LogP contribution in [0.3, 0.4) is 0 Å². The molecule has 24 heavy (non-hydrogen) atoms. The highest BCUT2D eigenvalue weighted by molar-refractivity contribution is 7.99. The summed E-state index contributed by atoms with van der Waals surface area (Å²) in [6, 6.07) is 0. The number of thiazole rings is 1. The Kier molecular flexibility index (Phi) is 5.62. The molecule has 2 aromatic rings. The standard InChI is InChI=1S/C15H19N5O2S2/c1-10-17-12(8-23-10)7-16-20-14(11-5-3-2-4-6-11)18-19-15(20)24-9-13(21)22/h7-8,11H,2-6,9H2,1H3,(H,21,22)/p-1/b16-7-. The van der Waals surface area contributed by atoms with E-state index in [2.05, 4.69) is 20.3 Å². The van der Waals surface area contributed by atoms with E-state index in [-0.39, 0.29) is 5.75 Å². The van der Waals surface area contributed by atoms with Crippen LogP contribution in [0.15, 0.2) is 15.6 Å². The number of rotatable bonds is 6. The lowest BCUT2D eigenvalue weighted by Crippen LogP contribution is -2.24. The molecule has 0 spiro atoms. The Labute approximate surface area is 148 Å². The van der Waals surface area contributed by atoms with Crippen molar-refractivity contribution >= 4 is 35.3 Å². The van der Waals surface area contributed by atoms with E-state index < -0.39 is 5.97 Å². The van der Waals surface area contributed by atoms with Crippen molar-refractivity contribution < 1.29 is 9.90 Å². The van der Waals surface area contributed by atoms with E-state index in [9.17, 15) is 9.90 Å². The van der Waals surface area contributed by atoms with Crippen LogP contribution < -0.4 is 5.11 Å². The van der Waals surface area contributed by atoms with Crippen molar-refractivity contribution in [3.63, 3.8) is 0 Å². The second-order valence-electron chi connectivity index (χ2n) is 5.68. The Morgan fingerprint density at radius 1 is 1.46 bits per heavy atom. The predicted molar refractivity (Wildman–Crippen MR) is 91.4 cm³/mol. The molecule has 1 fully saturated rings. The van der Waals surface area contributed by atoms with Crippen molar-refractivity contribution in [1.29, 1.82) is 0 Å². The Balaban J connectivity index is 1.87. The molecule has 0 amide bonds. The first-order chi connectivity index (χ1) is 11.6. The van der Waals surface area contributed by atoms with Gasteiger partial charge < -0.3 is 9.90 Å². The number of carboxylic acids is 1. The molecule has 128 valence electrons. The summed E-state index contributed by atoms with van der Waals surface area (Å²) in [4.78, 5) is 15.1. The minimum absolute atomic E-state index is 0.172. The smallest absolute Gasteiger partial charge is 0.212 e. The molecule has 2 aromatic heterocycles. The Bertz CT molecular complexity index is 734. The molecule has 1 aliphatic rings. The average Bonchev–Trinajstić information content (AvgIpc) is 3.17. The number of carbonyl (C=O) groups is 1. The fourth-order valence-corrected chi connectivity index (χ4v) is 3.94. The number of hydrogen-bond acceptors (Lipinski definition) is 8. The van der Waals surface area contributed by atoms with Gasteiger partial charge in [0.1, 0.15) is 0 Å². The molecule has 0 aliphatic heterocycles. The fraction of sp³-hybridized carbons (Fsp3) is 0.533. The summed E-state index contributed by atoms with van der Waals surface area (Å²) >= 11 is 2.63. The summed E-state index contributed by atoms with van der Waals surface area (Å²) in [7, 11) is 0. The van der Waals surface area contributed by atoms with Gasteiger partial charge >= 0.3 is 0 Å². The van der Waals surface area contributed by atoms with E-state index in [4.69, 9.17) is 0 Å². The second-order valence-corrected chi connectivity index (χ2v) is 7.69. The van der Waals surface area contributed by atoms with Gasteiger partial charge in [-0.05, 0) is 19.8 Å². The molecule has 1 saturated carbocycles. The number of carboxylic acid groups (broad SMARTS) is 1. The summed E-state index contributed by atoms with van der Waals surface area (Å²) in [5, 5.41) is 27.0. The first kappa shape index (κ1) is 17.1. The van der Waals surface area contributed by atoms with E-state index in [1.54, 1.807) is 22.2 Å². The lowest BCUT2D eigenvalue weighted by molar-refractivity contribution is -0.301. The molecule has 7 nitrogen and oxygen atoms in total.